The second-order valence-corrected chi connectivity index (χ2v) is 4.98. The Hall–Kier alpha value is -1.51. The lowest BCUT2D eigenvalue weighted by Gasteiger charge is -2.32. The van der Waals surface area contributed by atoms with Crippen LogP contribution in [0.15, 0.2) is 18.2 Å². The molecular formula is C14H23N3. The van der Waals surface area contributed by atoms with E-state index in [9.17, 15) is 0 Å². The van der Waals surface area contributed by atoms with Crippen LogP contribution in [0.2, 0.25) is 0 Å². The number of anilines is 1. The Kier molecular flexibility index (Phi) is 4.16. The standard InChI is InChI=1S/C14H23N3/c1-9(2)11(4)17(5)13-10(3)7-6-8-12(13)14(15)16/h6-9,11H,1-5H3,(H3,15,16). The summed E-state index contributed by atoms with van der Waals surface area (Å²) in [6.07, 6.45) is 0. The van der Waals surface area contributed by atoms with E-state index in [1.807, 2.05) is 12.1 Å². The van der Waals surface area contributed by atoms with Crippen LogP contribution in [0.1, 0.15) is 31.9 Å². The number of amidine groups is 1. The summed E-state index contributed by atoms with van der Waals surface area (Å²) in [6.45, 7) is 8.66. The van der Waals surface area contributed by atoms with E-state index in [0.29, 0.717) is 12.0 Å². The van der Waals surface area contributed by atoms with E-state index in [1.165, 1.54) is 0 Å². The van der Waals surface area contributed by atoms with Gasteiger partial charge in [-0.05, 0) is 31.4 Å². The third kappa shape index (κ3) is 2.78. The van der Waals surface area contributed by atoms with Crippen LogP contribution in [0.4, 0.5) is 5.69 Å². The molecule has 0 amide bonds. The van der Waals surface area contributed by atoms with Gasteiger partial charge >= 0.3 is 0 Å². The van der Waals surface area contributed by atoms with E-state index in [0.717, 1.165) is 16.8 Å². The fraction of sp³-hybridized carbons (Fsp3) is 0.500. The van der Waals surface area contributed by atoms with Gasteiger partial charge in [0.1, 0.15) is 5.84 Å². The van der Waals surface area contributed by atoms with Crippen molar-refractivity contribution in [2.75, 3.05) is 11.9 Å². The lowest BCUT2D eigenvalue weighted by molar-refractivity contribution is 0.505. The van der Waals surface area contributed by atoms with Gasteiger partial charge < -0.3 is 10.6 Å². The molecule has 3 N–H and O–H groups in total. The molecule has 0 spiro atoms. The molecule has 0 bridgehead atoms. The summed E-state index contributed by atoms with van der Waals surface area (Å²) in [5.41, 5.74) is 8.70. The van der Waals surface area contributed by atoms with E-state index in [4.69, 9.17) is 11.1 Å². The third-order valence-corrected chi connectivity index (χ3v) is 3.46. The number of nitrogen functional groups attached to an aromatic ring is 1. The molecule has 94 valence electrons. The van der Waals surface area contributed by atoms with E-state index in [2.05, 4.69) is 45.7 Å². The monoisotopic (exact) mass is 233 g/mol. The van der Waals surface area contributed by atoms with Crippen LogP contribution < -0.4 is 10.6 Å². The van der Waals surface area contributed by atoms with E-state index >= 15 is 0 Å². The summed E-state index contributed by atoms with van der Waals surface area (Å²) in [7, 11) is 2.07. The maximum absolute atomic E-state index is 7.67. The smallest absolute Gasteiger partial charge is 0.124 e. The molecule has 0 saturated heterocycles. The normalized spacial score (nSPS) is 12.6. The van der Waals surface area contributed by atoms with Crippen LogP contribution >= 0.6 is 0 Å². The molecule has 3 heteroatoms. The number of hydrogen-bond acceptors (Lipinski definition) is 2. The molecule has 1 atom stereocenters. The Morgan fingerprint density at radius 3 is 2.35 bits per heavy atom. The van der Waals surface area contributed by atoms with Gasteiger partial charge in [-0.2, -0.15) is 0 Å². The Labute approximate surface area is 104 Å². The molecule has 1 rings (SSSR count). The number of nitrogens with two attached hydrogens (primary N) is 1. The van der Waals surface area contributed by atoms with Crippen LogP contribution in [0, 0.1) is 18.3 Å². The number of para-hydroxylation sites is 1. The molecular weight excluding hydrogens is 210 g/mol. The summed E-state index contributed by atoms with van der Waals surface area (Å²) >= 11 is 0. The van der Waals surface area contributed by atoms with Crippen molar-refractivity contribution in [3.8, 4) is 0 Å². The average molecular weight is 233 g/mol. The quantitative estimate of drug-likeness (QED) is 0.620. The zero-order valence-corrected chi connectivity index (χ0v) is 11.4. The molecule has 0 fully saturated rings. The minimum Gasteiger partial charge on any atom is -0.384 e. The molecule has 0 saturated carbocycles. The molecule has 3 nitrogen and oxygen atoms in total. The van der Waals surface area contributed by atoms with E-state index < -0.39 is 0 Å². The first kappa shape index (κ1) is 13.6. The van der Waals surface area contributed by atoms with Gasteiger partial charge in [0.25, 0.3) is 0 Å². The van der Waals surface area contributed by atoms with Crippen LogP contribution in [0.3, 0.4) is 0 Å². The zero-order chi connectivity index (χ0) is 13.2. The number of hydrogen-bond donors (Lipinski definition) is 2. The molecule has 0 radical (unpaired) electrons. The Bertz CT molecular complexity index is 410. The Morgan fingerprint density at radius 2 is 1.88 bits per heavy atom. The van der Waals surface area contributed by atoms with E-state index in [-0.39, 0.29) is 5.84 Å². The Balaban J connectivity index is 3.24. The lowest BCUT2D eigenvalue weighted by atomic mass is 10.0. The summed E-state index contributed by atoms with van der Waals surface area (Å²) in [5, 5.41) is 7.67. The predicted molar refractivity (Wildman–Crippen MR) is 74.9 cm³/mol. The van der Waals surface area contributed by atoms with Gasteiger partial charge in [0.05, 0.1) is 5.69 Å². The molecule has 0 aliphatic carbocycles. The van der Waals surface area contributed by atoms with Crippen molar-refractivity contribution in [3.05, 3.63) is 29.3 Å². The van der Waals surface area contributed by atoms with Crippen LogP contribution in [0.5, 0.6) is 0 Å². The number of nitrogens with one attached hydrogen (secondary N) is 1. The van der Waals surface area contributed by atoms with Crippen molar-refractivity contribution < 1.29 is 0 Å². The summed E-state index contributed by atoms with van der Waals surface area (Å²) in [6, 6.07) is 6.33. The molecule has 0 aliphatic heterocycles. The molecule has 1 unspecified atom stereocenters. The number of rotatable bonds is 4. The maximum atomic E-state index is 7.67. The van der Waals surface area contributed by atoms with Gasteiger partial charge in [0.2, 0.25) is 0 Å². The second-order valence-electron chi connectivity index (χ2n) is 4.98. The predicted octanol–water partition coefficient (Wildman–Crippen LogP) is 2.76. The summed E-state index contributed by atoms with van der Waals surface area (Å²) in [4.78, 5) is 2.22. The highest BCUT2D eigenvalue weighted by Gasteiger charge is 2.19. The number of aryl methyl sites for hydroxylation is 1. The highest BCUT2D eigenvalue weighted by molar-refractivity contribution is 6.01. The molecule has 17 heavy (non-hydrogen) atoms. The van der Waals surface area contributed by atoms with Gasteiger partial charge in [0.15, 0.2) is 0 Å². The zero-order valence-electron chi connectivity index (χ0n) is 11.4. The van der Waals surface area contributed by atoms with Crippen molar-refractivity contribution in [3.63, 3.8) is 0 Å². The Morgan fingerprint density at radius 1 is 1.29 bits per heavy atom. The van der Waals surface area contributed by atoms with Gasteiger partial charge in [0, 0.05) is 18.7 Å². The largest absolute Gasteiger partial charge is 0.384 e. The molecule has 1 aromatic rings. The van der Waals surface area contributed by atoms with Gasteiger partial charge in [-0.1, -0.05) is 26.0 Å². The molecule has 1 aromatic carbocycles. The van der Waals surface area contributed by atoms with Crippen molar-refractivity contribution in [1.29, 1.82) is 5.41 Å². The SMILES string of the molecule is Cc1cccc(C(=N)N)c1N(C)C(C)C(C)C. The number of benzene rings is 1. The minimum atomic E-state index is 0.131. The first-order valence-electron chi connectivity index (χ1n) is 6.03. The molecule has 0 aliphatic rings. The van der Waals surface area contributed by atoms with Crippen LogP contribution in [-0.2, 0) is 0 Å². The van der Waals surface area contributed by atoms with Crippen molar-refractivity contribution in [1.82, 2.24) is 0 Å². The first-order valence-corrected chi connectivity index (χ1v) is 6.03. The summed E-state index contributed by atoms with van der Waals surface area (Å²) < 4.78 is 0. The fourth-order valence-corrected chi connectivity index (χ4v) is 2.00. The second kappa shape index (κ2) is 5.21. The van der Waals surface area contributed by atoms with Crippen molar-refractivity contribution in [2.24, 2.45) is 11.7 Å². The number of nitrogens with zero attached hydrogens (tertiary/aromatic N) is 1. The van der Waals surface area contributed by atoms with Gasteiger partial charge in [-0.15, -0.1) is 0 Å². The fourth-order valence-electron chi connectivity index (χ4n) is 2.00. The lowest BCUT2D eigenvalue weighted by Crippen LogP contribution is -2.35. The first-order chi connectivity index (χ1) is 7.86. The van der Waals surface area contributed by atoms with Crippen molar-refractivity contribution >= 4 is 11.5 Å². The minimum absolute atomic E-state index is 0.131. The maximum Gasteiger partial charge on any atom is 0.124 e. The highest BCUT2D eigenvalue weighted by atomic mass is 15.1. The molecule has 0 heterocycles. The van der Waals surface area contributed by atoms with Crippen molar-refractivity contribution in [2.45, 2.75) is 33.7 Å². The van der Waals surface area contributed by atoms with Crippen LogP contribution in [-0.4, -0.2) is 18.9 Å². The van der Waals surface area contributed by atoms with Gasteiger partial charge in [-0.25, -0.2) is 0 Å². The summed E-state index contributed by atoms with van der Waals surface area (Å²) in [5.74, 6) is 0.686. The molecule has 0 aromatic heterocycles. The van der Waals surface area contributed by atoms with E-state index in [1.54, 1.807) is 0 Å². The van der Waals surface area contributed by atoms with Gasteiger partial charge in [-0.3, -0.25) is 5.41 Å². The van der Waals surface area contributed by atoms with Crippen LogP contribution in [0.25, 0.3) is 0 Å². The topological polar surface area (TPSA) is 53.1 Å². The average Bonchev–Trinajstić information content (AvgIpc) is 2.26. The third-order valence-electron chi connectivity index (χ3n) is 3.46. The highest BCUT2D eigenvalue weighted by Crippen LogP contribution is 2.27.